The molecule has 1 unspecified atom stereocenters. The van der Waals surface area contributed by atoms with Gasteiger partial charge in [0, 0.05) is 6.54 Å². The summed E-state index contributed by atoms with van der Waals surface area (Å²) in [6, 6.07) is 0. The maximum absolute atomic E-state index is 12.9. The van der Waals surface area contributed by atoms with Crippen LogP contribution in [0, 0.1) is 5.41 Å². The molecule has 0 fully saturated rings. The van der Waals surface area contributed by atoms with Gasteiger partial charge in [0.2, 0.25) is 12.2 Å². The molecule has 0 bridgehead atoms. The standard InChI is InChI=1S/C13H18BrF3N6O/c1-3-4-5-6-22-9(18)8(19-7(2)14)10-20-11(13(15,16)17)21-23(10)12(22)24/h12,18-19,24H,2-6H2,1H3,(H,20,21). The number of fused-ring (bicyclic) bond motifs is 1. The van der Waals surface area contributed by atoms with Gasteiger partial charge in [-0.3, -0.25) is 10.8 Å². The third-order valence-corrected chi connectivity index (χ3v) is 3.66. The van der Waals surface area contributed by atoms with Crippen molar-refractivity contribution in [2.24, 2.45) is 4.99 Å². The van der Waals surface area contributed by atoms with E-state index in [9.17, 15) is 18.3 Å². The fourth-order valence-electron chi connectivity index (χ4n) is 2.34. The molecule has 134 valence electrons. The normalized spacial score (nSPS) is 20.8. The van der Waals surface area contributed by atoms with Crippen LogP contribution in [0.15, 0.2) is 27.7 Å². The summed E-state index contributed by atoms with van der Waals surface area (Å²) in [6.45, 7) is 5.89. The van der Waals surface area contributed by atoms with Gasteiger partial charge >= 0.3 is 6.18 Å². The summed E-state index contributed by atoms with van der Waals surface area (Å²) in [6.07, 6.45) is -3.67. The molecule has 2 rings (SSSR count). The van der Waals surface area contributed by atoms with Gasteiger partial charge in [0.1, 0.15) is 5.70 Å². The number of aliphatic hydroxyl groups excluding tert-OH is 1. The molecule has 0 radical (unpaired) electrons. The van der Waals surface area contributed by atoms with E-state index in [1.807, 2.05) is 6.92 Å². The predicted octanol–water partition coefficient (Wildman–Crippen LogP) is 2.15. The zero-order valence-electron chi connectivity index (χ0n) is 12.9. The number of aliphatic hydroxyl groups is 1. The first kappa shape index (κ1) is 18.6. The number of hydrazine groups is 1. The lowest BCUT2D eigenvalue weighted by Gasteiger charge is -2.41. The molecule has 0 saturated heterocycles. The van der Waals surface area contributed by atoms with E-state index in [0.29, 0.717) is 13.0 Å². The molecule has 0 amide bonds. The highest BCUT2D eigenvalue weighted by Crippen LogP contribution is 2.30. The maximum atomic E-state index is 12.9. The van der Waals surface area contributed by atoms with Crippen LogP contribution in [0.5, 0.6) is 0 Å². The third-order valence-electron chi connectivity index (χ3n) is 3.46. The first-order chi connectivity index (χ1) is 11.2. The van der Waals surface area contributed by atoms with Crippen LogP contribution >= 0.6 is 15.9 Å². The van der Waals surface area contributed by atoms with E-state index in [4.69, 9.17) is 5.41 Å². The number of unbranched alkanes of at least 4 members (excludes halogenated alkanes) is 2. The number of amidine groups is 2. The molecule has 0 saturated carbocycles. The SMILES string of the molecule is C=C(Br)NC1=C2N=C(C(F)(F)F)NN2C(O)N(CCCCC)C1=N. The molecule has 7 nitrogen and oxygen atoms in total. The maximum Gasteiger partial charge on any atom is 0.451 e. The van der Waals surface area contributed by atoms with Crippen molar-refractivity contribution >= 4 is 27.6 Å². The van der Waals surface area contributed by atoms with Gasteiger partial charge in [-0.1, -0.05) is 26.3 Å². The molecule has 0 aliphatic carbocycles. The van der Waals surface area contributed by atoms with E-state index in [0.717, 1.165) is 17.9 Å². The van der Waals surface area contributed by atoms with Gasteiger partial charge in [0.25, 0.3) is 0 Å². The first-order valence-electron chi connectivity index (χ1n) is 7.28. The van der Waals surface area contributed by atoms with Crippen molar-refractivity contribution in [1.29, 1.82) is 5.41 Å². The van der Waals surface area contributed by atoms with Crippen LogP contribution in [0.3, 0.4) is 0 Å². The first-order valence-corrected chi connectivity index (χ1v) is 8.07. The summed E-state index contributed by atoms with van der Waals surface area (Å²) in [5.74, 6) is -1.62. The number of hydrogen-bond acceptors (Lipinski definition) is 6. The molecule has 2 heterocycles. The Bertz CT molecular complexity index is 603. The quantitative estimate of drug-likeness (QED) is 0.398. The van der Waals surface area contributed by atoms with E-state index in [1.165, 1.54) is 4.90 Å². The number of nitrogens with zero attached hydrogens (tertiary/aromatic N) is 3. The van der Waals surface area contributed by atoms with Gasteiger partial charge in [-0.15, -0.1) is 0 Å². The van der Waals surface area contributed by atoms with Gasteiger partial charge in [0.15, 0.2) is 11.7 Å². The van der Waals surface area contributed by atoms with Crippen molar-refractivity contribution < 1.29 is 18.3 Å². The summed E-state index contributed by atoms with van der Waals surface area (Å²) >= 11 is 3.06. The topological polar surface area (TPSA) is 87.0 Å². The third kappa shape index (κ3) is 3.66. The summed E-state index contributed by atoms with van der Waals surface area (Å²) in [5.41, 5.74) is 2.07. The summed E-state index contributed by atoms with van der Waals surface area (Å²) in [4.78, 5) is 4.77. The molecule has 0 spiro atoms. The van der Waals surface area contributed by atoms with E-state index in [1.54, 1.807) is 0 Å². The van der Waals surface area contributed by atoms with Crippen LogP contribution in [0.2, 0.25) is 0 Å². The molecule has 0 aromatic heterocycles. The van der Waals surface area contributed by atoms with Crippen LogP contribution in [0.1, 0.15) is 26.2 Å². The fourth-order valence-corrected chi connectivity index (χ4v) is 2.53. The molecule has 0 aromatic rings. The lowest BCUT2D eigenvalue weighted by molar-refractivity contribution is -0.0910. The van der Waals surface area contributed by atoms with Crippen molar-refractivity contribution in [2.75, 3.05) is 6.54 Å². The van der Waals surface area contributed by atoms with Crippen LogP contribution < -0.4 is 10.7 Å². The number of hydrogen-bond donors (Lipinski definition) is 4. The lowest BCUT2D eigenvalue weighted by Crippen LogP contribution is -2.60. The zero-order valence-corrected chi connectivity index (χ0v) is 14.5. The molecular weight excluding hydrogens is 393 g/mol. The molecule has 11 heteroatoms. The monoisotopic (exact) mass is 410 g/mol. The smallest absolute Gasteiger partial charge is 0.355 e. The number of alkyl halides is 3. The number of rotatable bonds is 6. The van der Waals surface area contributed by atoms with Crippen molar-refractivity contribution in [3.63, 3.8) is 0 Å². The zero-order chi connectivity index (χ0) is 18.1. The minimum atomic E-state index is -4.70. The van der Waals surface area contributed by atoms with Gasteiger partial charge in [0.05, 0.1) is 4.61 Å². The summed E-state index contributed by atoms with van der Waals surface area (Å²) in [7, 11) is 0. The van der Waals surface area contributed by atoms with Crippen LogP contribution in [0.4, 0.5) is 13.2 Å². The van der Waals surface area contributed by atoms with Crippen molar-refractivity contribution in [3.05, 3.63) is 22.7 Å². The van der Waals surface area contributed by atoms with Crippen molar-refractivity contribution in [3.8, 4) is 0 Å². The highest BCUT2D eigenvalue weighted by Gasteiger charge is 2.47. The van der Waals surface area contributed by atoms with E-state index in [2.05, 4.69) is 38.2 Å². The second-order valence-electron chi connectivity index (χ2n) is 5.26. The van der Waals surface area contributed by atoms with Crippen molar-refractivity contribution in [1.82, 2.24) is 20.7 Å². The molecule has 2 aliphatic heterocycles. The van der Waals surface area contributed by atoms with Gasteiger partial charge in [-0.05, 0) is 22.4 Å². The van der Waals surface area contributed by atoms with Gasteiger partial charge in [-0.2, -0.15) is 13.2 Å². The van der Waals surface area contributed by atoms with Gasteiger partial charge in [-0.25, -0.2) is 10.0 Å². The lowest BCUT2D eigenvalue weighted by atomic mass is 10.2. The van der Waals surface area contributed by atoms with Crippen molar-refractivity contribution in [2.45, 2.75) is 38.7 Å². The van der Waals surface area contributed by atoms with Crippen LogP contribution in [-0.4, -0.2) is 45.8 Å². The molecule has 0 aromatic carbocycles. The molecular formula is C13H18BrF3N6O. The van der Waals surface area contributed by atoms with Crippen LogP contribution in [0.25, 0.3) is 0 Å². The number of nitrogens with one attached hydrogen (secondary N) is 3. The Hall–Kier alpha value is -1.75. The predicted molar refractivity (Wildman–Crippen MR) is 86.7 cm³/mol. The van der Waals surface area contributed by atoms with E-state index < -0.39 is 18.4 Å². The Morgan fingerprint density at radius 2 is 2.17 bits per heavy atom. The average molecular weight is 411 g/mol. The summed E-state index contributed by atoms with van der Waals surface area (Å²) in [5, 5.41) is 22.1. The fraction of sp³-hybridized carbons (Fsp3) is 0.538. The molecule has 2 aliphatic rings. The summed E-state index contributed by atoms with van der Waals surface area (Å²) < 4.78 is 39.0. The second-order valence-corrected chi connectivity index (χ2v) is 6.22. The molecule has 4 N–H and O–H groups in total. The van der Waals surface area contributed by atoms with Gasteiger partial charge < -0.3 is 15.3 Å². The van der Waals surface area contributed by atoms with Crippen LogP contribution in [-0.2, 0) is 0 Å². The Kier molecular flexibility index (Phi) is 5.43. The minimum absolute atomic E-state index is 0.0189. The average Bonchev–Trinajstić information content (AvgIpc) is 2.92. The Labute approximate surface area is 145 Å². The molecule has 24 heavy (non-hydrogen) atoms. The highest BCUT2D eigenvalue weighted by molar-refractivity contribution is 9.11. The van der Waals surface area contributed by atoms with E-state index >= 15 is 0 Å². The number of halogens is 4. The molecule has 1 atom stereocenters. The second kappa shape index (κ2) is 7.01. The Morgan fingerprint density at radius 3 is 2.71 bits per heavy atom. The number of aliphatic imine (C=N–C) groups is 1. The largest absolute Gasteiger partial charge is 0.451 e. The van der Waals surface area contributed by atoms with E-state index in [-0.39, 0.29) is 22.0 Å². The Morgan fingerprint density at radius 1 is 1.50 bits per heavy atom. The highest BCUT2D eigenvalue weighted by atomic mass is 79.9. The minimum Gasteiger partial charge on any atom is -0.355 e. The Balaban J connectivity index is 2.37.